The third-order valence-corrected chi connectivity index (χ3v) is 5.23. The first-order chi connectivity index (χ1) is 10.8. The molecule has 2 fully saturated rings. The second-order valence-corrected chi connectivity index (χ2v) is 6.95. The van der Waals surface area contributed by atoms with Crippen LogP contribution in [0.25, 0.3) is 0 Å². The van der Waals surface area contributed by atoms with Gasteiger partial charge in [0.25, 0.3) is 0 Å². The Balaban J connectivity index is 0.00000144. The van der Waals surface area contributed by atoms with Crippen LogP contribution in [0.1, 0.15) is 12.0 Å². The normalized spacial score (nSPS) is 19.9. The molecule has 3 heterocycles. The number of carbonyl (C=O) groups is 1. The molecule has 2 aliphatic heterocycles. The van der Waals surface area contributed by atoms with Gasteiger partial charge in [0.1, 0.15) is 0 Å². The Kier molecular flexibility index (Phi) is 10.2. The van der Waals surface area contributed by atoms with Crippen molar-refractivity contribution in [2.75, 3.05) is 58.9 Å². The molecule has 1 N–H and O–H groups in total. The molecule has 2 saturated heterocycles. The minimum atomic E-state index is 0. The summed E-state index contributed by atoms with van der Waals surface area (Å²) in [5.41, 5.74) is 1.39. The van der Waals surface area contributed by atoms with Crippen molar-refractivity contribution in [3.05, 3.63) is 22.4 Å². The van der Waals surface area contributed by atoms with E-state index in [1.807, 2.05) is 4.90 Å². The maximum absolute atomic E-state index is 12.4. The number of carbonyl (C=O) groups excluding carboxylic acids is 1. The van der Waals surface area contributed by atoms with Gasteiger partial charge in [0.05, 0.1) is 6.54 Å². The molecule has 5 nitrogen and oxygen atoms in total. The molecule has 0 saturated carbocycles. The Hall–Kier alpha value is -0.370. The fourth-order valence-corrected chi connectivity index (χ4v) is 3.81. The molecule has 24 heavy (non-hydrogen) atoms. The molecule has 1 aromatic rings. The van der Waals surface area contributed by atoms with Gasteiger partial charge in [0.2, 0.25) is 5.91 Å². The van der Waals surface area contributed by atoms with Gasteiger partial charge in [-0.25, -0.2) is 0 Å². The lowest BCUT2D eigenvalue weighted by Gasteiger charge is -2.35. The van der Waals surface area contributed by atoms with Crippen LogP contribution in [0.3, 0.4) is 0 Å². The lowest BCUT2D eigenvalue weighted by molar-refractivity contribution is -0.134. The first-order valence-electron chi connectivity index (χ1n) is 8.25. The predicted octanol–water partition coefficient (Wildman–Crippen LogP) is 1.53. The van der Waals surface area contributed by atoms with E-state index in [4.69, 9.17) is 0 Å². The van der Waals surface area contributed by atoms with Gasteiger partial charge >= 0.3 is 0 Å². The Morgan fingerprint density at radius 2 is 1.83 bits per heavy atom. The summed E-state index contributed by atoms with van der Waals surface area (Å²) in [4.78, 5) is 19.2. The third kappa shape index (κ3) is 6.50. The molecule has 8 heteroatoms. The molecule has 0 radical (unpaired) electrons. The Bertz CT molecular complexity index is 459. The van der Waals surface area contributed by atoms with E-state index in [0.717, 1.165) is 65.3 Å². The molecule has 3 rings (SSSR count). The smallest absolute Gasteiger partial charge is 0.236 e. The lowest BCUT2D eigenvalue weighted by atomic mass is 10.2. The summed E-state index contributed by atoms with van der Waals surface area (Å²) in [6.07, 6.45) is 1.14. The summed E-state index contributed by atoms with van der Waals surface area (Å²) < 4.78 is 0. The van der Waals surface area contributed by atoms with Crippen molar-refractivity contribution >= 4 is 42.1 Å². The summed E-state index contributed by atoms with van der Waals surface area (Å²) in [5, 5.41) is 7.73. The fraction of sp³-hybridized carbons (Fsp3) is 0.688. The van der Waals surface area contributed by atoms with E-state index < -0.39 is 0 Å². The topological polar surface area (TPSA) is 38.8 Å². The number of thiophene rings is 1. The van der Waals surface area contributed by atoms with Gasteiger partial charge in [0.15, 0.2) is 0 Å². The van der Waals surface area contributed by atoms with Crippen molar-refractivity contribution < 1.29 is 4.79 Å². The number of piperazine rings is 1. The zero-order chi connectivity index (χ0) is 15.2. The predicted molar refractivity (Wildman–Crippen MR) is 105 cm³/mol. The largest absolute Gasteiger partial charge is 0.339 e. The summed E-state index contributed by atoms with van der Waals surface area (Å²) in [6.45, 7) is 9.43. The van der Waals surface area contributed by atoms with E-state index >= 15 is 0 Å². The second kappa shape index (κ2) is 11.3. The minimum Gasteiger partial charge on any atom is -0.339 e. The molecule has 138 valence electrons. The van der Waals surface area contributed by atoms with Crippen molar-refractivity contribution in [2.45, 2.75) is 13.0 Å². The summed E-state index contributed by atoms with van der Waals surface area (Å²) in [5.74, 6) is 0.303. The quantitative estimate of drug-likeness (QED) is 0.840. The average molecular weight is 395 g/mol. The number of nitrogens with one attached hydrogen (secondary N) is 1. The number of amides is 1. The van der Waals surface area contributed by atoms with E-state index in [-0.39, 0.29) is 24.8 Å². The first kappa shape index (κ1) is 21.7. The fourth-order valence-electron chi connectivity index (χ4n) is 3.15. The minimum absolute atomic E-state index is 0. The Labute approximate surface area is 161 Å². The van der Waals surface area contributed by atoms with E-state index in [9.17, 15) is 4.79 Å². The zero-order valence-corrected chi connectivity index (χ0v) is 16.4. The lowest BCUT2D eigenvalue weighted by Crippen LogP contribution is -2.51. The highest BCUT2D eigenvalue weighted by atomic mass is 35.5. The number of rotatable bonds is 4. The highest BCUT2D eigenvalue weighted by Crippen LogP contribution is 2.12. The van der Waals surface area contributed by atoms with E-state index in [1.54, 1.807) is 11.3 Å². The molecule has 0 aromatic carbocycles. The molecule has 0 unspecified atom stereocenters. The molecule has 0 atom stereocenters. The van der Waals surface area contributed by atoms with Crippen molar-refractivity contribution in [3.8, 4) is 0 Å². The average Bonchev–Trinajstić information content (AvgIpc) is 2.91. The Morgan fingerprint density at radius 3 is 2.54 bits per heavy atom. The van der Waals surface area contributed by atoms with Gasteiger partial charge in [0, 0.05) is 45.8 Å². The molecule has 0 spiro atoms. The van der Waals surface area contributed by atoms with Gasteiger partial charge in [-0.3, -0.25) is 14.6 Å². The molecule has 2 aliphatic rings. The molecule has 0 aliphatic carbocycles. The van der Waals surface area contributed by atoms with Crippen LogP contribution in [0.15, 0.2) is 16.8 Å². The number of nitrogens with zero attached hydrogens (tertiary/aromatic N) is 3. The van der Waals surface area contributed by atoms with Gasteiger partial charge < -0.3 is 10.2 Å². The number of hydrogen-bond donors (Lipinski definition) is 1. The van der Waals surface area contributed by atoms with Crippen LogP contribution in [-0.2, 0) is 11.3 Å². The van der Waals surface area contributed by atoms with E-state index in [0.29, 0.717) is 12.5 Å². The Morgan fingerprint density at radius 1 is 1.04 bits per heavy atom. The molecular weight excluding hydrogens is 367 g/mol. The van der Waals surface area contributed by atoms with Crippen molar-refractivity contribution in [3.63, 3.8) is 0 Å². The molecular formula is C16H28Cl2N4OS. The van der Waals surface area contributed by atoms with Gasteiger partial charge in [-0.15, -0.1) is 24.8 Å². The standard InChI is InChI=1S/C16H26N4OS.2ClH/c21-16(13-18-5-1-3-17-4-6-18)20-9-7-19(8-10-20)12-15-2-11-22-14-15;;/h2,11,14,17H,1,3-10,12-13H2;2*1H. The SMILES string of the molecule is Cl.Cl.O=C(CN1CCCNCC1)N1CCN(Cc2ccsc2)CC1. The zero-order valence-electron chi connectivity index (χ0n) is 14.0. The summed E-state index contributed by atoms with van der Waals surface area (Å²) in [7, 11) is 0. The second-order valence-electron chi connectivity index (χ2n) is 6.17. The van der Waals surface area contributed by atoms with Gasteiger partial charge in [-0.2, -0.15) is 11.3 Å². The molecule has 1 amide bonds. The maximum Gasteiger partial charge on any atom is 0.236 e. The molecule has 0 bridgehead atoms. The monoisotopic (exact) mass is 394 g/mol. The highest BCUT2D eigenvalue weighted by molar-refractivity contribution is 7.07. The van der Waals surface area contributed by atoms with Gasteiger partial charge in [-0.05, 0) is 41.9 Å². The number of halogens is 2. The maximum atomic E-state index is 12.4. The van der Waals surface area contributed by atoms with Crippen LogP contribution in [-0.4, -0.2) is 79.5 Å². The van der Waals surface area contributed by atoms with Crippen LogP contribution in [0.2, 0.25) is 0 Å². The van der Waals surface area contributed by atoms with Crippen LogP contribution in [0.4, 0.5) is 0 Å². The van der Waals surface area contributed by atoms with Crippen molar-refractivity contribution in [1.82, 2.24) is 20.0 Å². The summed E-state index contributed by atoms with van der Waals surface area (Å²) in [6, 6.07) is 2.19. The van der Waals surface area contributed by atoms with E-state index in [1.165, 1.54) is 5.56 Å². The van der Waals surface area contributed by atoms with Crippen LogP contribution >= 0.6 is 36.2 Å². The first-order valence-corrected chi connectivity index (χ1v) is 9.20. The van der Waals surface area contributed by atoms with E-state index in [2.05, 4.69) is 31.9 Å². The van der Waals surface area contributed by atoms with Crippen molar-refractivity contribution in [2.24, 2.45) is 0 Å². The summed E-state index contributed by atoms with van der Waals surface area (Å²) >= 11 is 1.75. The van der Waals surface area contributed by atoms with Crippen LogP contribution < -0.4 is 5.32 Å². The van der Waals surface area contributed by atoms with Crippen LogP contribution in [0, 0.1) is 0 Å². The van der Waals surface area contributed by atoms with Crippen LogP contribution in [0.5, 0.6) is 0 Å². The number of hydrogen-bond acceptors (Lipinski definition) is 5. The van der Waals surface area contributed by atoms with Crippen molar-refractivity contribution in [1.29, 1.82) is 0 Å². The molecule has 1 aromatic heterocycles. The third-order valence-electron chi connectivity index (χ3n) is 4.50. The van der Waals surface area contributed by atoms with Gasteiger partial charge in [-0.1, -0.05) is 0 Å². The highest BCUT2D eigenvalue weighted by Gasteiger charge is 2.23.